The largest absolute Gasteiger partial charge is 0.490 e. The normalized spacial score (nSPS) is 11.4. The number of nitrogens with zero attached hydrogens (tertiary/aromatic N) is 1. The van der Waals surface area contributed by atoms with E-state index in [1.54, 1.807) is 18.2 Å². The van der Waals surface area contributed by atoms with Gasteiger partial charge in [-0.05, 0) is 36.4 Å². The van der Waals surface area contributed by atoms with E-state index >= 15 is 0 Å². The lowest BCUT2D eigenvalue weighted by atomic mass is 10.2. The lowest BCUT2D eigenvalue weighted by molar-refractivity contribution is 0.0947. The third-order valence-corrected chi connectivity index (χ3v) is 5.52. The fourth-order valence-corrected chi connectivity index (χ4v) is 3.07. The summed E-state index contributed by atoms with van der Waals surface area (Å²) in [4.78, 5) is 12.2. The highest BCUT2D eigenvalue weighted by Gasteiger charge is 2.17. The third kappa shape index (κ3) is 4.94. The van der Waals surface area contributed by atoms with Crippen molar-refractivity contribution in [1.29, 1.82) is 0 Å². The molecule has 2 rings (SSSR count). The number of nitrogens with one attached hydrogen (secondary N) is 1. The molecule has 0 saturated carbocycles. The molecule has 0 saturated heterocycles. The number of hydrogen-bond donors (Lipinski definition) is 1. The highest BCUT2D eigenvalue weighted by molar-refractivity contribution is 7.89. The van der Waals surface area contributed by atoms with Gasteiger partial charge in [-0.1, -0.05) is 23.7 Å². The highest BCUT2D eigenvalue weighted by Crippen LogP contribution is 2.22. The first-order valence-corrected chi connectivity index (χ1v) is 9.32. The van der Waals surface area contributed by atoms with E-state index in [-0.39, 0.29) is 17.4 Å². The van der Waals surface area contributed by atoms with Gasteiger partial charge in [0.05, 0.1) is 16.5 Å². The molecule has 25 heavy (non-hydrogen) atoms. The van der Waals surface area contributed by atoms with Gasteiger partial charge >= 0.3 is 0 Å². The van der Waals surface area contributed by atoms with Crippen LogP contribution in [0.1, 0.15) is 10.4 Å². The van der Waals surface area contributed by atoms with Crippen LogP contribution in [-0.2, 0) is 10.0 Å². The van der Waals surface area contributed by atoms with Crippen molar-refractivity contribution in [3.63, 3.8) is 0 Å². The molecule has 134 valence electrons. The van der Waals surface area contributed by atoms with Gasteiger partial charge in [0, 0.05) is 19.7 Å². The van der Waals surface area contributed by atoms with Crippen LogP contribution >= 0.6 is 11.6 Å². The van der Waals surface area contributed by atoms with Crippen molar-refractivity contribution in [2.75, 3.05) is 27.2 Å². The molecule has 8 heteroatoms. The Labute approximate surface area is 152 Å². The van der Waals surface area contributed by atoms with Crippen LogP contribution in [0.2, 0.25) is 5.02 Å². The molecule has 0 bridgehead atoms. The summed E-state index contributed by atoms with van der Waals surface area (Å²) >= 11 is 5.97. The summed E-state index contributed by atoms with van der Waals surface area (Å²) in [7, 11) is -0.599. The Kier molecular flexibility index (Phi) is 6.41. The smallest absolute Gasteiger partial charge is 0.251 e. The SMILES string of the molecule is CN(C)S(=O)(=O)c1ccc(C(=O)NCCOc2ccccc2Cl)cc1. The molecule has 2 aromatic carbocycles. The average molecular weight is 383 g/mol. The minimum absolute atomic E-state index is 0.135. The number of carbonyl (C=O) groups excluding carboxylic acids is 1. The number of ether oxygens (including phenoxy) is 1. The predicted octanol–water partition coefficient (Wildman–Crippen LogP) is 2.40. The Morgan fingerprint density at radius 2 is 1.76 bits per heavy atom. The molecular formula is C17H19ClN2O4S. The van der Waals surface area contributed by atoms with Crippen LogP contribution in [0.15, 0.2) is 53.4 Å². The number of amides is 1. The van der Waals surface area contributed by atoms with Gasteiger partial charge in [0.15, 0.2) is 0 Å². The van der Waals surface area contributed by atoms with Crippen molar-refractivity contribution in [2.45, 2.75) is 4.90 Å². The maximum absolute atomic E-state index is 12.1. The second-order valence-electron chi connectivity index (χ2n) is 5.35. The molecule has 0 aliphatic rings. The van der Waals surface area contributed by atoms with E-state index in [2.05, 4.69) is 5.32 Å². The lowest BCUT2D eigenvalue weighted by Gasteiger charge is -2.12. The number of rotatable bonds is 7. The van der Waals surface area contributed by atoms with Crippen molar-refractivity contribution in [2.24, 2.45) is 0 Å². The number of hydrogen-bond acceptors (Lipinski definition) is 4. The molecule has 6 nitrogen and oxygen atoms in total. The molecule has 2 aromatic rings. The van der Waals surface area contributed by atoms with Gasteiger partial charge in [0.2, 0.25) is 10.0 Å². The van der Waals surface area contributed by atoms with Crippen LogP contribution in [0.25, 0.3) is 0 Å². The van der Waals surface area contributed by atoms with Crippen molar-refractivity contribution in [1.82, 2.24) is 9.62 Å². The van der Waals surface area contributed by atoms with E-state index in [4.69, 9.17) is 16.3 Å². The number of carbonyl (C=O) groups is 1. The molecule has 0 aliphatic carbocycles. The van der Waals surface area contributed by atoms with Crippen molar-refractivity contribution in [3.8, 4) is 5.75 Å². The molecule has 0 fully saturated rings. The van der Waals surface area contributed by atoms with Crippen LogP contribution in [0.4, 0.5) is 0 Å². The zero-order chi connectivity index (χ0) is 18.4. The summed E-state index contributed by atoms with van der Waals surface area (Å²) in [5.74, 6) is 0.244. The second-order valence-corrected chi connectivity index (χ2v) is 7.91. The molecule has 0 unspecified atom stereocenters. The molecule has 0 radical (unpaired) electrons. The maximum atomic E-state index is 12.1. The van der Waals surface area contributed by atoms with Crippen LogP contribution in [0, 0.1) is 0 Å². The molecule has 0 aliphatic heterocycles. The number of halogens is 1. The zero-order valence-electron chi connectivity index (χ0n) is 13.9. The van der Waals surface area contributed by atoms with Gasteiger partial charge in [0.1, 0.15) is 12.4 Å². The Balaban J connectivity index is 1.88. The van der Waals surface area contributed by atoms with Crippen molar-refractivity contribution < 1.29 is 17.9 Å². The van der Waals surface area contributed by atoms with Gasteiger partial charge < -0.3 is 10.1 Å². The molecule has 0 spiro atoms. The Morgan fingerprint density at radius 1 is 1.12 bits per heavy atom. The van der Waals surface area contributed by atoms with E-state index in [9.17, 15) is 13.2 Å². The molecular weight excluding hydrogens is 364 g/mol. The number of benzene rings is 2. The highest BCUT2D eigenvalue weighted by atomic mass is 35.5. The second kappa shape index (κ2) is 8.33. The molecule has 0 atom stereocenters. The first-order valence-electron chi connectivity index (χ1n) is 7.50. The van der Waals surface area contributed by atoms with Gasteiger partial charge in [0.25, 0.3) is 5.91 Å². The summed E-state index contributed by atoms with van der Waals surface area (Å²) in [6, 6.07) is 12.8. The summed E-state index contributed by atoms with van der Waals surface area (Å²) in [5, 5.41) is 3.21. The number of para-hydroxylation sites is 1. The van der Waals surface area contributed by atoms with E-state index < -0.39 is 10.0 Å². The minimum atomic E-state index is -3.51. The van der Waals surface area contributed by atoms with Gasteiger partial charge in [-0.2, -0.15) is 0 Å². The van der Waals surface area contributed by atoms with Crippen molar-refractivity contribution >= 4 is 27.5 Å². The number of sulfonamides is 1. The van der Waals surface area contributed by atoms with Gasteiger partial charge in [-0.3, -0.25) is 4.79 Å². The summed E-state index contributed by atoms with van der Waals surface area (Å²) in [6.07, 6.45) is 0. The first kappa shape index (κ1) is 19.2. The fraction of sp³-hybridized carbons (Fsp3) is 0.235. The standard InChI is InChI=1S/C17H19ClN2O4S/c1-20(2)25(22,23)14-9-7-13(8-10-14)17(21)19-11-12-24-16-6-4-3-5-15(16)18/h3-10H,11-12H2,1-2H3,(H,19,21). The fourth-order valence-electron chi connectivity index (χ4n) is 1.98. The molecule has 0 aromatic heterocycles. The summed E-state index contributed by atoms with van der Waals surface area (Å²) in [6.45, 7) is 0.560. The minimum Gasteiger partial charge on any atom is -0.490 e. The first-order chi connectivity index (χ1) is 11.8. The molecule has 1 amide bonds. The zero-order valence-corrected chi connectivity index (χ0v) is 15.5. The van der Waals surface area contributed by atoms with Gasteiger partial charge in [-0.15, -0.1) is 0 Å². The van der Waals surface area contributed by atoms with Crippen LogP contribution < -0.4 is 10.1 Å². The predicted molar refractivity (Wildman–Crippen MR) is 96.6 cm³/mol. The van der Waals surface area contributed by atoms with Crippen LogP contribution in [0.3, 0.4) is 0 Å². The van der Waals surface area contributed by atoms with E-state index in [0.717, 1.165) is 4.31 Å². The van der Waals surface area contributed by atoms with Gasteiger partial charge in [-0.25, -0.2) is 12.7 Å². The van der Waals surface area contributed by atoms with E-state index in [1.165, 1.54) is 38.4 Å². The Morgan fingerprint density at radius 3 is 2.36 bits per heavy atom. The summed E-state index contributed by atoms with van der Waals surface area (Å²) < 4.78 is 30.6. The molecule has 1 N–H and O–H groups in total. The third-order valence-electron chi connectivity index (χ3n) is 3.38. The monoisotopic (exact) mass is 382 g/mol. The topological polar surface area (TPSA) is 75.7 Å². The lowest BCUT2D eigenvalue weighted by Crippen LogP contribution is -2.28. The van der Waals surface area contributed by atoms with Crippen molar-refractivity contribution in [3.05, 3.63) is 59.1 Å². The maximum Gasteiger partial charge on any atom is 0.251 e. The Bertz CT molecular complexity index is 836. The van der Waals surface area contributed by atoms with Crippen LogP contribution in [0.5, 0.6) is 5.75 Å². The van der Waals surface area contributed by atoms with E-state index in [0.29, 0.717) is 22.9 Å². The van der Waals surface area contributed by atoms with E-state index in [1.807, 2.05) is 6.07 Å². The Hall–Kier alpha value is -2.09. The van der Waals surface area contributed by atoms with Crippen LogP contribution in [-0.4, -0.2) is 45.9 Å². The quantitative estimate of drug-likeness (QED) is 0.746. The summed E-state index contributed by atoms with van der Waals surface area (Å²) in [5.41, 5.74) is 0.371. The molecule has 0 heterocycles. The average Bonchev–Trinajstić information content (AvgIpc) is 2.60.